The van der Waals surface area contributed by atoms with Crippen LogP contribution in [0.1, 0.15) is 31.4 Å². The van der Waals surface area contributed by atoms with E-state index in [1.165, 1.54) is 0 Å². The van der Waals surface area contributed by atoms with E-state index >= 15 is 0 Å². The first-order valence-electron chi connectivity index (χ1n) is 6.43. The highest BCUT2D eigenvalue weighted by Gasteiger charge is 2.18. The summed E-state index contributed by atoms with van der Waals surface area (Å²) in [6.07, 6.45) is 2.27. The molecule has 1 fully saturated rings. The fraction of sp³-hybridized carbons (Fsp3) is 0.500. The minimum absolute atomic E-state index is 0.134. The molecule has 0 radical (unpaired) electrons. The van der Waals surface area contributed by atoms with Gasteiger partial charge in [-0.1, -0.05) is 23.7 Å². The molecule has 2 rings (SSSR count). The molecule has 1 aromatic rings. The normalized spacial score (nSPS) is 16.9. The Bertz CT molecular complexity index is 416. The van der Waals surface area contributed by atoms with Crippen molar-refractivity contribution in [3.8, 4) is 0 Å². The third-order valence-electron chi connectivity index (χ3n) is 3.37. The Hall–Kier alpha value is -1.06. The minimum atomic E-state index is 0.134. The van der Waals surface area contributed by atoms with Gasteiger partial charge in [0.2, 0.25) is 5.91 Å². The van der Waals surface area contributed by atoms with E-state index in [2.05, 4.69) is 5.32 Å². The number of nitrogens with zero attached hydrogens (tertiary/aromatic N) is 1. The van der Waals surface area contributed by atoms with Crippen LogP contribution in [0.2, 0.25) is 5.02 Å². The zero-order valence-electron chi connectivity index (χ0n) is 10.7. The van der Waals surface area contributed by atoms with Crippen LogP contribution < -0.4 is 5.32 Å². The third kappa shape index (κ3) is 3.47. The molecule has 4 heteroatoms. The molecule has 1 N–H and O–H groups in total. The van der Waals surface area contributed by atoms with Crippen LogP contribution in [0.3, 0.4) is 0 Å². The van der Waals surface area contributed by atoms with Crippen molar-refractivity contribution in [3.05, 3.63) is 34.9 Å². The number of amides is 1. The molecule has 0 aromatic heterocycles. The van der Waals surface area contributed by atoms with Crippen molar-refractivity contribution in [2.24, 2.45) is 0 Å². The third-order valence-corrected chi connectivity index (χ3v) is 3.60. The lowest BCUT2D eigenvalue weighted by Gasteiger charge is -2.18. The van der Waals surface area contributed by atoms with E-state index in [4.69, 9.17) is 11.6 Å². The number of hydrogen-bond acceptors (Lipinski definition) is 2. The van der Waals surface area contributed by atoms with Crippen LogP contribution in [0.15, 0.2) is 24.3 Å². The first-order valence-corrected chi connectivity index (χ1v) is 6.81. The molecule has 1 aliphatic rings. The summed E-state index contributed by atoms with van der Waals surface area (Å²) >= 11 is 5.95. The van der Waals surface area contributed by atoms with Gasteiger partial charge in [-0.2, -0.15) is 0 Å². The molecule has 1 aliphatic heterocycles. The Morgan fingerprint density at radius 3 is 2.83 bits per heavy atom. The van der Waals surface area contributed by atoms with E-state index in [0.717, 1.165) is 36.5 Å². The Morgan fingerprint density at radius 2 is 2.17 bits per heavy atom. The number of nitrogens with one attached hydrogen (secondary N) is 1. The maximum absolute atomic E-state index is 11.9. The fourth-order valence-corrected chi connectivity index (χ4v) is 2.41. The van der Waals surface area contributed by atoms with Crippen LogP contribution in [0.5, 0.6) is 0 Å². The Morgan fingerprint density at radius 1 is 1.44 bits per heavy atom. The van der Waals surface area contributed by atoms with Crippen LogP contribution in [0, 0.1) is 0 Å². The van der Waals surface area contributed by atoms with Crippen LogP contribution in [0.25, 0.3) is 0 Å². The highest BCUT2D eigenvalue weighted by molar-refractivity contribution is 6.30. The topological polar surface area (TPSA) is 32.3 Å². The smallest absolute Gasteiger partial charge is 0.236 e. The minimum Gasteiger partial charge on any atom is -0.342 e. The Labute approximate surface area is 113 Å². The molecule has 1 aromatic carbocycles. The second-order valence-electron chi connectivity index (χ2n) is 4.75. The van der Waals surface area contributed by atoms with Crippen molar-refractivity contribution >= 4 is 17.5 Å². The zero-order valence-corrected chi connectivity index (χ0v) is 11.4. The van der Waals surface area contributed by atoms with Crippen molar-refractivity contribution in [3.63, 3.8) is 0 Å². The summed E-state index contributed by atoms with van der Waals surface area (Å²) in [5.41, 5.74) is 1.11. The lowest BCUT2D eigenvalue weighted by atomic mass is 10.1. The number of likely N-dealkylation sites (tertiary alicyclic amines) is 1. The van der Waals surface area contributed by atoms with Gasteiger partial charge in [0.25, 0.3) is 0 Å². The van der Waals surface area contributed by atoms with Crippen LogP contribution >= 0.6 is 11.6 Å². The second kappa shape index (κ2) is 6.21. The van der Waals surface area contributed by atoms with E-state index in [0.29, 0.717) is 6.54 Å². The molecule has 1 atom stereocenters. The molecule has 1 heterocycles. The van der Waals surface area contributed by atoms with Gasteiger partial charge in [0.05, 0.1) is 6.54 Å². The Kier molecular flexibility index (Phi) is 4.61. The average Bonchev–Trinajstić information content (AvgIpc) is 2.89. The SMILES string of the molecule is CC(NCC(=O)N1CCCC1)c1cccc(Cl)c1. The van der Waals surface area contributed by atoms with E-state index in [1.807, 2.05) is 36.1 Å². The van der Waals surface area contributed by atoms with Gasteiger partial charge in [0.1, 0.15) is 0 Å². The summed E-state index contributed by atoms with van der Waals surface area (Å²) in [7, 11) is 0. The lowest BCUT2D eigenvalue weighted by molar-refractivity contribution is -0.129. The highest BCUT2D eigenvalue weighted by Crippen LogP contribution is 2.17. The summed E-state index contributed by atoms with van der Waals surface area (Å²) in [6, 6.07) is 7.87. The number of carbonyl (C=O) groups excluding carboxylic acids is 1. The molecule has 1 saturated heterocycles. The molecular formula is C14H19ClN2O. The number of rotatable bonds is 4. The largest absolute Gasteiger partial charge is 0.342 e. The standard InChI is InChI=1S/C14H19ClN2O/c1-11(12-5-4-6-13(15)9-12)16-10-14(18)17-7-2-3-8-17/h4-6,9,11,16H,2-3,7-8,10H2,1H3. The predicted molar refractivity (Wildman–Crippen MR) is 73.7 cm³/mol. The summed E-state index contributed by atoms with van der Waals surface area (Å²) in [6.45, 7) is 4.26. The van der Waals surface area contributed by atoms with Crippen molar-refractivity contribution in [1.29, 1.82) is 0 Å². The summed E-state index contributed by atoms with van der Waals surface area (Å²) in [5.74, 6) is 0.196. The highest BCUT2D eigenvalue weighted by atomic mass is 35.5. The summed E-state index contributed by atoms with van der Waals surface area (Å²) in [4.78, 5) is 13.8. The average molecular weight is 267 g/mol. The molecule has 98 valence electrons. The van der Waals surface area contributed by atoms with Gasteiger partial charge in [0.15, 0.2) is 0 Å². The van der Waals surface area contributed by atoms with Crippen molar-refractivity contribution in [2.45, 2.75) is 25.8 Å². The number of carbonyl (C=O) groups is 1. The number of benzene rings is 1. The first kappa shape index (κ1) is 13.4. The van der Waals surface area contributed by atoms with Crippen molar-refractivity contribution in [2.75, 3.05) is 19.6 Å². The number of halogens is 1. The van der Waals surface area contributed by atoms with Gasteiger partial charge < -0.3 is 10.2 Å². The van der Waals surface area contributed by atoms with Crippen LogP contribution in [0.4, 0.5) is 0 Å². The monoisotopic (exact) mass is 266 g/mol. The second-order valence-corrected chi connectivity index (χ2v) is 5.18. The predicted octanol–water partition coefficient (Wildman–Crippen LogP) is 2.61. The lowest BCUT2D eigenvalue weighted by Crippen LogP contribution is -2.37. The van der Waals surface area contributed by atoms with Crippen LogP contribution in [-0.4, -0.2) is 30.4 Å². The summed E-state index contributed by atoms with van der Waals surface area (Å²) < 4.78 is 0. The van der Waals surface area contributed by atoms with Crippen molar-refractivity contribution < 1.29 is 4.79 Å². The molecule has 0 spiro atoms. The zero-order chi connectivity index (χ0) is 13.0. The molecule has 0 aliphatic carbocycles. The van der Waals surface area contributed by atoms with Gasteiger partial charge in [-0.25, -0.2) is 0 Å². The molecule has 18 heavy (non-hydrogen) atoms. The van der Waals surface area contributed by atoms with E-state index in [9.17, 15) is 4.79 Å². The maximum atomic E-state index is 11.9. The fourth-order valence-electron chi connectivity index (χ4n) is 2.21. The molecule has 1 amide bonds. The van der Waals surface area contributed by atoms with E-state index in [1.54, 1.807) is 0 Å². The van der Waals surface area contributed by atoms with Gasteiger partial charge in [0, 0.05) is 24.2 Å². The van der Waals surface area contributed by atoms with Crippen molar-refractivity contribution in [1.82, 2.24) is 10.2 Å². The van der Waals surface area contributed by atoms with Crippen LogP contribution in [-0.2, 0) is 4.79 Å². The van der Waals surface area contributed by atoms with Gasteiger partial charge in [-0.05, 0) is 37.5 Å². The quantitative estimate of drug-likeness (QED) is 0.909. The van der Waals surface area contributed by atoms with E-state index in [-0.39, 0.29) is 11.9 Å². The first-order chi connectivity index (χ1) is 8.66. The van der Waals surface area contributed by atoms with Gasteiger partial charge >= 0.3 is 0 Å². The maximum Gasteiger partial charge on any atom is 0.236 e. The number of hydrogen-bond donors (Lipinski definition) is 1. The summed E-state index contributed by atoms with van der Waals surface area (Å²) in [5, 5.41) is 3.98. The molecule has 0 bridgehead atoms. The van der Waals surface area contributed by atoms with E-state index < -0.39 is 0 Å². The molecule has 1 unspecified atom stereocenters. The molecular weight excluding hydrogens is 248 g/mol. The molecule has 3 nitrogen and oxygen atoms in total. The van der Waals surface area contributed by atoms with Gasteiger partial charge in [-0.15, -0.1) is 0 Å². The molecule has 0 saturated carbocycles. The van der Waals surface area contributed by atoms with Gasteiger partial charge in [-0.3, -0.25) is 4.79 Å². The Balaban J connectivity index is 1.84.